The maximum absolute atomic E-state index is 13.2. The zero-order valence-electron chi connectivity index (χ0n) is 20.2. The molecule has 4 aromatic carbocycles. The van der Waals surface area contributed by atoms with Crippen molar-refractivity contribution in [1.82, 2.24) is 4.90 Å². The van der Waals surface area contributed by atoms with Crippen LogP contribution >= 0.6 is 0 Å². The van der Waals surface area contributed by atoms with Gasteiger partial charge in [0.25, 0.3) is 0 Å². The summed E-state index contributed by atoms with van der Waals surface area (Å²) in [4.78, 5) is 2.17. The number of halogens is 1. The van der Waals surface area contributed by atoms with Crippen LogP contribution < -0.4 is 4.74 Å². The summed E-state index contributed by atoms with van der Waals surface area (Å²) in [6, 6.07) is 29.9. The average Bonchev–Trinajstić information content (AvgIpc) is 2.88. The van der Waals surface area contributed by atoms with Gasteiger partial charge in [-0.05, 0) is 83.5 Å². The predicted molar refractivity (Wildman–Crippen MR) is 141 cm³/mol. The molecule has 0 aromatic heterocycles. The van der Waals surface area contributed by atoms with Crippen LogP contribution in [0.15, 0.2) is 91.0 Å². The van der Waals surface area contributed by atoms with Crippen molar-refractivity contribution in [1.29, 1.82) is 0 Å². The molecule has 1 N–H and O–H groups in total. The Kier molecular flexibility index (Phi) is 9.27. The largest absolute Gasteiger partial charge is 0.494 e. The molecule has 4 aromatic rings. The van der Waals surface area contributed by atoms with Crippen LogP contribution in [-0.4, -0.2) is 29.8 Å². The van der Waals surface area contributed by atoms with Gasteiger partial charge in [0.15, 0.2) is 0 Å². The van der Waals surface area contributed by atoms with Gasteiger partial charge >= 0.3 is 0 Å². The van der Waals surface area contributed by atoms with Gasteiger partial charge in [-0.15, -0.1) is 0 Å². The zero-order valence-corrected chi connectivity index (χ0v) is 20.2. The summed E-state index contributed by atoms with van der Waals surface area (Å²) in [7, 11) is 0. The van der Waals surface area contributed by atoms with Crippen LogP contribution in [0.1, 0.15) is 36.0 Å². The van der Waals surface area contributed by atoms with Crippen molar-refractivity contribution >= 4 is 10.8 Å². The van der Waals surface area contributed by atoms with Gasteiger partial charge in [-0.3, -0.25) is 4.90 Å². The third-order valence-electron chi connectivity index (χ3n) is 6.24. The van der Waals surface area contributed by atoms with Gasteiger partial charge in [-0.1, -0.05) is 60.7 Å². The van der Waals surface area contributed by atoms with E-state index in [0.29, 0.717) is 13.1 Å². The predicted octanol–water partition coefficient (Wildman–Crippen LogP) is 6.77. The lowest BCUT2D eigenvalue weighted by Crippen LogP contribution is -2.26. The molecule has 0 aliphatic heterocycles. The number of benzene rings is 4. The maximum atomic E-state index is 13.2. The molecule has 0 amide bonds. The number of hydrogen-bond donors (Lipinski definition) is 1. The lowest BCUT2D eigenvalue weighted by atomic mass is 10.1. The summed E-state index contributed by atoms with van der Waals surface area (Å²) in [6.45, 7) is 2.76. The van der Waals surface area contributed by atoms with Crippen LogP contribution in [0.5, 0.6) is 5.75 Å². The number of ether oxygens (including phenoxy) is 1. The molecular weight excluding hydrogens is 437 g/mol. The summed E-state index contributed by atoms with van der Waals surface area (Å²) < 4.78 is 19.2. The number of aliphatic hydroxyl groups is 1. The van der Waals surface area contributed by atoms with E-state index in [2.05, 4.69) is 65.6 Å². The molecule has 0 saturated carbocycles. The minimum absolute atomic E-state index is 0.0850. The Morgan fingerprint density at radius 3 is 2.20 bits per heavy atom. The third kappa shape index (κ3) is 7.91. The minimum Gasteiger partial charge on any atom is -0.494 e. The van der Waals surface area contributed by atoms with Crippen molar-refractivity contribution in [3.63, 3.8) is 0 Å². The van der Waals surface area contributed by atoms with E-state index in [1.165, 1.54) is 35.1 Å². The highest BCUT2D eigenvalue weighted by molar-refractivity contribution is 5.84. The second kappa shape index (κ2) is 13.0. The monoisotopic (exact) mass is 471 g/mol. The van der Waals surface area contributed by atoms with Gasteiger partial charge in [-0.25, -0.2) is 4.39 Å². The fourth-order valence-corrected chi connectivity index (χ4v) is 4.37. The van der Waals surface area contributed by atoms with E-state index in [1.807, 2.05) is 6.07 Å². The third-order valence-corrected chi connectivity index (χ3v) is 6.24. The topological polar surface area (TPSA) is 32.7 Å². The first-order chi connectivity index (χ1) is 17.2. The molecule has 4 rings (SSSR count). The summed E-state index contributed by atoms with van der Waals surface area (Å²) in [6.07, 6.45) is 4.52. The van der Waals surface area contributed by atoms with Gasteiger partial charge < -0.3 is 9.84 Å². The summed E-state index contributed by atoms with van der Waals surface area (Å²) in [5.74, 6) is 0.676. The highest BCUT2D eigenvalue weighted by atomic mass is 19.1. The van der Waals surface area contributed by atoms with Gasteiger partial charge in [0.2, 0.25) is 0 Å². The molecule has 0 bridgehead atoms. The van der Waals surface area contributed by atoms with E-state index in [1.54, 1.807) is 12.1 Å². The Hall–Kier alpha value is -3.21. The molecule has 4 heteroatoms. The first kappa shape index (κ1) is 24.9. The second-order valence-corrected chi connectivity index (χ2v) is 9.05. The SMILES string of the molecule is OCCN(Cc1ccc(F)cc1)Cc1ccc2cc(OCCCCCc3ccccc3)ccc2c1. The van der Waals surface area contributed by atoms with Gasteiger partial charge in [0.1, 0.15) is 11.6 Å². The standard InChI is InChI=1S/C31H34FNO2/c32-30-15-11-26(12-16-30)23-33(18-19-34)24-27-10-13-29-22-31(17-14-28(29)21-27)35-20-6-2-5-9-25-7-3-1-4-8-25/h1,3-4,7-8,10-17,21-22,34H,2,5-6,9,18-20,23-24H2. The van der Waals surface area contributed by atoms with E-state index >= 15 is 0 Å². The number of aryl methyl sites for hydroxylation is 1. The number of rotatable bonds is 13. The maximum Gasteiger partial charge on any atom is 0.123 e. The van der Waals surface area contributed by atoms with Crippen LogP contribution in [0.4, 0.5) is 4.39 Å². The highest BCUT2D eigenvalue weighted by Crippen LogP contribution is 2.23. The number of fused-ring (bicyclic) bond motifs is 1. The molecule has 0 spiro atoms. The summed E-state index contributed by atoms with van der Waals surface area (Å²) >= 11 is 0. The van der Waals surface area contributed by atoms with Crippen LogP contribution in [0, 0.1) is 5.82 Å². The average molecular weight is 472 g/mol. The minimum atomic E-state index is -0.233. The highest BCUT2D eigenvalue weighted by Gasteiger charge is 2.08. The molecule has 0 unspecified atom stereocenters. The molecule has 0 heterocycles. The first-order valence-corrected chi connectivity index (χ1v) is 12.5. The summed E-state index contributed by atoms with van der Waals surface area (Å²) in [5, 5.41) is 11.8. The van der Waals surface area contributed by atoms with E-state index in [-0.39, 0.29) is 12.4 Å². The lowest BCUT2D eigenvalue weighted by Gasteiger charge is -2.22. The van der Waals surface area contributed by atoms with E-state index < -0.39 is 0 Å². The number of nitrogens with zero attached hydrogens (tertiary/aromatic N) is 1. The Balaban J connectivity index is 1.27. The number of hydrogen-bond acceptors (Lipinski definition) is 3. The Bertz CT molecular complexity index is 1180. The van der Waals surface area contributed by atoms with Crippen molar-refractivity contribution in [2.45, 2.75) is 38.8 Å². The van der Waals surface area contributed by atoms with Gasteiger partial charge in [0, 0.05) is 19.6 Å². The molecule has 0 radical (unpaired) electrons. The fraction of sp³-hybridized carbons (Fsp3) is 0.290. The van der Waals surface area contributed by atoms with Crippen molar-refractivity contribution < 1.29 is 14.2 Å². The van der Waals surface area contributed by atoms with E-state index in [9.17, 15) is 9.50 Å². The van der Waals surface area contributed by atoms with Crippen LogP contribution in [0.25, 0.3) is 10.8 Å². The van der Waals surface area contributed by atoms with Crippen molar-refractivity contribution in [3.05, 3.63) is 114 Å². The van der Waals surface area contributed by atoms with Gasteiger partial charge in [0.05, 0.1) is 13.2 Å². The second-order valence-electron chi connectivity index (χ2n) is 9.05. The smallest absolute Gasteiger partial charge is 0.123 e. The van der Waals surface area contributed by atoms with Crippen LogP contribution in [0.3, 0.4) is 0 Å². The Morgan fingerprint density at radius 2 is 1.40 bits per heavy atom. The summed E-state index contributed by atoms with van der Waals surface area (Å²) in [5.41, 5.74) is 3.61. The Labute approximate surface area is 207 Å². The number of unbranched alkanes of at least 4 members (excludes halogenated alkanes) is 2. The molecular formula is C31H34FNO2. The zero-order chi connectivity index (χ0) is 24.3. The quantitative estimate of drug-likeness (QED) is 0.219. The van der Waals surface area contributed by atoms with E-state index in [4.69, 9.17) is 4.74 Å². The van der Waals surface area contributed by atoms with Crippen molar-refractivity contribution in [2.24, 2.45) is 0 Å². The molecule has 0 atom stereocenters. The normalized spacial score (nSPS) is 11.3. The number of aliphatic hydroxyl groups excluding tert-OH is 1. The molecule has 0 fully saturated rings. The molecule has 3 nitrogen and oxygen atoms in total. The molecule has 0 aliphatic carbocycles. The molecule has 0 saturated heterocycles. The Morgan fingerprint density at radius 1 is 0.686 bits per heavy atom. The van der Waals surface area contributed by atoms with E-state index in [0.717, 1.165) is 49.1 Å². The van der Waals surface area contributed by atoms with Crippen molar-refractivity contribution in [2.75, 3.05) is 19.8 Å². The molecule has 182 valence electrons. The molecule has 0 aliphatic rings. The molecule has 35 heavy (non-hydrogen) atoms. The van der Waals surface area contributed by atoms with Gasteiger partial charge in [-0.2, -0.15) is 0 Å². The van der Waals surface area contributed by atoms with Crippen LogP contribution in [-0.2, 0) is 19.5 Å². The van der Waals surface area contributed by atoms with Crippen molar-refractivity contribution in [3.8, 4) is 5.75 Å². The fourth-order valence-electron chi connectivity index (χ4n) is 4.37. The van der Waals surface area contributed by atoms with Crippen LogP contribution in [0.2, 0.25) is 0 Å². The first-order valence-electron chi connectivity index (χ1n) is 12.5. The lowest BCUT2D eigenvalue weighted by molar-refractivity contribution is 0.184.